The van der Waals surface area contributed by atoms with E-state index in [1.807, 2.05) is 31.2 Å². The van der Waals surface area contributed by atoms with Gasteiger partial charge in [-0.1, -0.05) is 18.2 Å². The van der Waals surface area contributed by atoms with Crippen LogP contribution in [-0.2, 0) is 11.2 Å². The van der Waals surface area contributed by atoms with Crippen LogP contribution in [0.5, 0.6) is 0 Å². The minimum absolute atomic E-state index is 0.181. The number of anilines is 2. The molecule has 24 heavy (non-hydrogen) atoms. The monoisotopic (exact) mass is 325 g/mol. The van der Waals surface area contributed by atoms with Crippen LogP contribution < -0.4 is 10.9 Å². The Balaban J connectivity index is 1.93. The summed E-state index contributed by atoms with van der Waals surface area (Å²) < 4.78 is 5.02. The van der Waals surface area contributed by atoms with Crippen molar-refractivity contribution in [3.8, 4) is 0 Å². The number of para-hydroxylation sites is 1. The van der Waals surface area contributed by atoms with Crippen LogP contribution >= 0.6 is 0 Å². The number of ether oxygens (including phenoxy) is 1. The van der Waals surface area contributed by atoms with Gasteiger partial charge in [-0.05, 0) is 19.9 Å². The molecule has 0 spiro atoms. The Morgan fingerprint density at radius 3 is 2.67 bits per heavy atom. The van der Waals surface area contributed by atoms with Crippen molar-refractivity contribution in [2.24, 2.45) is 0 Å². The quantitative estimate of drug-likeness (QED) is 0.747. The Morgan fingerprint density at radius 1 is 1.12 bits per heavy atom. The number of aromatic nitrogens is 4. The minimum Gasteiger partial charge on any atom is -0.384 e. The van der Waals surface area contributed by atoms with E-state index in [9.17, 15) is 4.79 Å². The van der Waals surface area contributed by atoms with Crippen molar-refractivity contribution < 1.29 is 4.74 Å². The lowest BCUT2D eigenvalue weighted by Crippen LogP contribution is -2.20. The Hall–Kier alpha value is -2.80. The lowest BCUT2D eigenvalue weighted by atomic mass is 10.2. The molecule has 0 amide bonds. The minimum atomic E-state index is -0.181. The standard InChI is InChI=1S/C17H19N5O2/c1-10-12-6-4-5-7-14(12)20-16(18-10)22-17-19-11(2)13(8-9-24-3)15(23)21-17/h4-7H,8-9H2,1-3H3,(H2,18,19,20,21,22,23). The number of fused-ring (bicyclic) bond motifs is 1. The first-order valence-electron chi connectivity index (χ1n) is 7.67. The van der Waals surface area contributed by atoms with Crippen molar-refractivity contribution in [1.29, 1.82) is 0 Å². The second-order valence-corrected chi connectivity index (χ2v) is 5.50. The first kappa shape index (κ1) is 16.1. The molecule has 0 aliphatic rings. The predicted octanol–water partition coefficient (Wildman–Crippen LogP) is 2.26. The molecule has 0 unspecified atom stereocenters. The molecule has 124 valence electrons. The zero-order valence-electron chi connectivity index (χ0n) is 13.9. The molecule has 0 bridgehead atoms. The summed E-state index contributed by atoms with van der Waals surface area (Å²) in [4.78, 5) is 28.2. The third-order valence-corrected chi connectivity index (χ3v) is 3.80. The third-order valence-electron chi connectivity index (χ3n) is 3.80. The molecule has 1 aromatic carbocycles. The lowest BCUT2D eigenvalue weighted by Gasteiger charge is -2.09. The number of nitrogens with one attached hydrogen (secondary N) is 2. The van der Waals surface area contributed by atoms with Crippen molar-refractivity contribution in [3.63, 3.8) is 0 Å². The number of nitrogens with zero attached hydrogens (tertiary/aromatic N) is 3. The molecule has 7 nitrogen and oxygen atoms in total. The summed E-state index contributed by atoms with van der Waals surface area (Å²) in [6, 6.07) is 7.77. The molecule has 0 saturated carbocycles. The Morgan fingerprint density at radius 2 is 1.92 bits per heavy atom. The average Bonchev–Trinajstić information content (AvgIpc) is 2.54. The first-order valence-corrected chi connectivity index (χ1v) is 7.67. The fourth-order valence-corrected chi connectivity index (χ4v) is 2.57. The largest absolute Gasteiger partial charge is 0.384 e. The van der Waals surface area contributed by atoms with Crippen LogP contribution in [0.25, 0.3) is 10.9 Å². The number of methoxy groups -OCH3 is 1. The summed E-state index contributed by atoms with van der Waals surface area (Å²) in [7, 11) is 1.60. The van der Waals surface area contributed by atoms with Gasteiger partial charge in [0.15, 0.2) is 0 Å². The van der Waals surface area contributed by atoms with E-state index in [1.165, 1.54) is 0 Å². The Kier molecular flexibility index (Phi) is 4.52. The summed E-state index contributed by atoms with van der Waals surface area (Å²) in [5.74, 6) is 0.728. The highest BCUT2D eigenvalue weighted by atomic mass is 16.5. The van der Waals surface area contributed by atoms with E-state index in [4.69, 9.17) is 4.74 Å². The molecular formula is C17H19N5O2. The highest BCUT2D eigenvalue weighted by Gasteiger charge is 2.10. The van der Waals surface area contributed by atoms with Crippen LogP contribution in [0.3, 0.4) is 0 Å². The van der Waals surface area contributed by atoms with Gasteiger partial charge in [0.25, 0.3) is 5.56 Å². The van der Waals surface area contributed by atoms with E-state index in [2.05, 4.69) is 25.3 Å². The molecular weight excluding hydrogens is 306 g/mol. The molecule has 0 fully saturated rings. The molecule has 0 radical (unpaired) electrons. The van der Waals surface area contributed by atoms with Crippen LogP contribution in [0.2, 0.25) is 0 Å². The van der Waals surface area contributed by atoms with E-state index in [0.29, 0.717) is 36.2 Å². The lowest BCUT2D eigenvalue weighted by molar-refractivity contribution is 0.202. The van der Waals surface area contributed by atoms with Crippen molar-refractivity contribution >= 4 is 22.8 Å². The number of aryl methyl sites for hydroxylation is 2. The molecule has 0 atom stereocenters. The van der Waals surface area contributed by atoms with Crippen LogP contribution in [0.15, 0.2) is 29.1 Å². The van der Waals surface area contributed by atoms with E-state index >= 15 is 0 Å². The van der Waals surface area contributed by atoms with Crippen molar-refractivity contribution in [1.82, 2.24) is 19.9 Å². The van der Waals surface area contributed by atoms with Gasteiger partial charge < -0.3 is 4.74 Å². The van der Waals surface area contributed by atoms with Gasteiger partial charge >= 0.3 is 0 Å². The maximum absolute atomic E-state index is 12.2. The molecule has 0 aliphatic carbocycles. The molecule has 2 heterocycles. The van der Waals surface area contributed by atoms with Crippen LogP contribution in [-0.4, -0.2) is 33.7 Å². The van der Waals surface area contributed by atoms with Gasteiger partial charge in [-0.15, -0.1) is 0 Å². The maximum Gasteiger partial charge on any atom is 0.255 e. The number of benzene rings is 1. The van der Waals surface area contributed by atoms with Gasteiger partial charge in [-0.3, -0.25) is 15.1 Å². The molecule has 0 aliphatic heterocycles. The molecule has 0 saturated heterocycles. The van der Waals surface area contributed by atoms with Crippen LogP contribution in [0.4, 0.5) is 11.9 Å². The van der Waals surface area contributed by atoms with E-state index in [1.54, 1.807) is 14.0 Å². The van der Waals surface area contributed by atoms with E-state index in [0.717, 1.165) is 16.6 Å². The summed E-state index contributed by atoms with van der Waals surface area (Å²) in [5.41, 5.74) is 2.80. The van der Waals surface area contributed by atoms with Crippen LogP contribution in [0.1, 0.15) is 17.0 Å². The highest BCUT2D eigenvalue weighted by Crippen LogP contribution is 2.18. The SMILES string of the molecule is COCCc1c(C)nc(Nc2nc(C)c3ccccc3n2)[nH]c1=O. The summed E-state index contributed by atoms with van der Waals surface area (Å²) >= 11 is 0. The molecule has 3 rings (SSSR count). The van der Waals surface area contributed by atoms with Gasteiger partial charge in [0.1, 0.15) is 0 Å². The zero-order valence-corrected chi connectivity index (χ0v) is 13.9. The second kappa shape index (κ2) is 6.76. The van der Waals surface area contributed by atoms with Crippen molar-refractivity contribution in [3.05, 3.63) is 51.6 Å². The average molecular weight is 325 g/mol. The Labute approximate surface area is 139 Å². The van der Waals surface area contributed by atoms with Gasteiger partial charge in [0, 0.05) is 24.5 Å². The van der Waals surface area contributed by atoms with Crippen molar-refractivity contribution in [2.75, 3.05) is 19.0 Å². The van der Waals surface area contributed by atoms with Gasteiger partial charge in [0.05, 0.1) is 23.5 Å². The highest BCUT2D eigenvalue weighted by molar-refractivity contribution is 5.81. The smallest absolute Gasteiger partial charge is 0.255 e. The topological polar surface area (TPSA) is 92.8 Å². The number of hydrogen-bond donors (Lipinski definition) is 2. The normalized spacial score (nSPS) is 11.0. The fraction of sp³-hybridized carbons (Fsp3) is 0.294. The first-order chi connectivity index (χ1) is 11.6. The number of H-pyrrole nitrogens is 1. The number of hydrogen-bond acceptors (Lipinski definition) is 6. The van der Waals surface area contributed by atoms with Gasteiger partial charge in [-0.25, -0.2) is 15.0 Å². The van der Waals surface area contributed by atoms with E-state index in [-0.39, 0.29) is 5.56 Å². The van der Waals surface area contributed by atoms with Crippen LogP contribution in [0, 0.1) is 13.8 Å². The molecule has 2 N–H and O–H groups in total. The van der Waals surface area contributed by atoms with Gasteiger partial charge in [-0.2, -0.15) is 0 Å². The summed E-state index contributed by atoms with van der Waals surface area (Å²) in [5, 5.41) is 3.98. The summed E-state index contributed by atoms with van der Waals surface area (Å²) in [6.45, 7) is 4.20. The molecule has 7 heteroatoms. The van der Waals surface area contributed by atoms with E-state index < -0.39 is 0 Å². The summed E-state index contributed by atoms with van der Waals surface area (Å²) in [6.07, 6.45) is 0.524. The molecule has 3 aromatic rings. The Bertz CT molecular complexity index is 936. The number of aromatic amines is 1. The fourth-order valence-electron chi connectivity index (χ4n) is 2.57. The maximum atomic E-state index is 12.2. The molecule has 2 aromatic heterocycles. The third kappa shape index (κ3) is 3.26. The zero-order chi connectivity index (χ0) is 17.1. The van der Waals surface area contributed by atoms with Gasteiger partial charge in [0.2, 0.25) is 11.9 Å². The van der Waals surface area contributed by atoms with Crippen molar-refractivity contribution in [2.45, 2.75) is 20.3 Å². The predicted molar refractivity (Wildman–Crippen MR) is 92.7 cm³/mol. The number of rotatable bonds is 5. The second-order valence-electron chi connectivity index (χ2n) is 5.50.